The highest BCUT2D eigenvalue weighted by atomic mass is 16.2. The topological polar surface area (TPSA) is 117 Å². The average molecular weight is 254 g/mol. The third-order valence-corrected chi connectivity index (χ3v) is 2.40. The second kappa shape index (κ2) is 7.18. The van der Waals surface area contributed by atoms with Crippen LogP contribution in [0.3, 0.4) is 0 Å². The van der Waals surface area contributed by atoms with Gasteiger partial charge < -0.3 is 0 Å². The molecule has 1 rings (SSSR count). The first-order valence-corrected chi connectivity index (χ1v) is 5.62. The molecule has 0 atom stereocenters. The summed E-state index contributed by atoms with van der Waals surface area (Å²) in [4.78, 5) is 50.5. The van der Waals surface area contributed by atoms with E-state index in [0.717, 1.165) is 23.8 Å². The second-order valence-corrected chi connectivity index (χ2v) is 3.73. The Morgan fingerprint density at radius 2 is 1.61 bits per heavy atom. The van der Waals surface area contributed by atoms with Gasteiger partial charge in [0.15, 0.2) is 0 Å². The highest BCUT2D eigenvalue weighted by Crippen LogP contribution is 2.00. The monoisotopic (exact) mass is 254 g/mol. The van der Waals surface area contributed by atoms with E-state index in [-0.39, 0.29) is 6.54 Å². The number of aromatic amines is 2. The average Bonchev–Trinajstić information content (AvgIpc) is 2.30. The fraction of sp³-hybridized carbons (Fsp3) is 0.600. The van der Waals surface area contributed by atoms with Gasteiger partial charge in [0.25, 0.3) is 0 Å². The number of aromatic nitrogens is 3. The minimum absolute atomic E-state index is 0.252. The maximum absolute atomic E-state index is 11.3. The van der Waals surface area contributed by atoms with E-state index < -0.39 is 17.1 Å². The van der Waals surface area contributed by atoms with E-state index in [9.17, 15) is 19.2 Å². The Morgan fingerprint density at radius 3 is 2.22 bits per heavy atom. The molecule has 2 N–H and O–H groups in total. The zero-order valence-corrected chi connectivity index (χ0v) is 9.77. The third kappa shape index (κ3) is 4.34. The van der Waals surface area contributed by atoms with Crippen molar-refractivity contribution in [1.82, 2.24) is 14.5 Å². The van der Waals surface area contributed by atoms with Gasteiger partial charge in [-0.2, -0.15) is 0 Å². The number of hydrogen-bond donors (Lipinski definition) is 2. The minimum atomic E-state index is -0.798. The number of isocyanates is 1. The summed E-state index contributed by atoms with van der Waals surface area (Å²) in [5.41, 5.74) is -2.20. The summed E-state index contributed by atoms with van der Waals surface area (Å²) in [7, 11) is 0. The molecule has 0 aliphatic heterocycles. The number of carbonyl (C=O) groups excluding carboxylic acids is 1. The Morgan fingerprint density at radius 1 is 1.00 bits per heavy atom. The van der Waals surface area contributed by atoms with Crippen LogP contribution in [-0.4, -0.2) is 27.2 Å². The van der Waals surface area contributed by atoms with Gasteiger partial charge >= 0.3 is 17.1 Å². The lowest BCUT2D eigenvalue weighted by molar-refractivity contribution is 0.529. The molecule has 18 heavy (non-hydrogen) atoms. The molecule has 8 nitrogen and oxygen atoms in total. The van der Waals surface area contributed by atoms with Crippen molar-refractivity contribution in [2.75, 3.05) is 6.54 Å². The Kier molecular flexibility index (Phi) is 5.53. The summed E-state index contributed by atoms with van der Waals surface area (Å²) in [6.45, 7) is 0.699. The van der Waals surface area contributed by atoms with Gasteiger partial charge in [-0.05, 0) is 12.8 Å². The van der Waals surface area contributed by atoms with E-state index in [4.69, 9.17) is 0 Å². The molecule has 8 heteroatoms. The van der Waals surface area contributed by atoms with Crippen LogP contribution in [0, 0.1) is 0 Å². The zero-order valence-electron chi connectivity index (χ0n) is 9.77. The molecule has 1 aromatic heterocycles. The van der Waals surface area contributed by atoms with Gasteiger partial charge in [-0.3, -0.25) is 9.97 Å². The molecule has 0 spiro atoms. The van der Waals surface area contributed by atoms with Crippen molar-refractivity contribution in [1.29, 1.82) is 0 Å². The predicted octanol–water partition coefficient (Wildman–Crippen LogP) is -0.879. The van der Waals surface area contributed by atoms with E-state index in [0.29, 0.717) is 13.0 Å². The van der Waals surface area contributed by atoms with Crippen LogP contribution in [-0.2, 0) is 11.3 Å². The maximum atomic E-state index is 11.3. The Bertz CT molecular complexity index is 557. The van der Waals surface area contributed by atoms with Crippen molar-refractivity contribution in [3.05, 3.63) is 31.5 Å². The normalized spacial score (nSPS) is 10.0. The van der Waals surface area contributed by atoms with Crippen LogP contribution in [0.25, 0.3) is 0 Å². The lowest BCUT2D eigenvalue weighted by Gasteiger charge is -2.02. The number of unbranched alkanes of at least 4 members (excludes halogenated alkanes) is 3. The Hall–Kier alpha value is -2.21. The van der Waals surface area contributed by atoms with Crippen molar-refractivity contribution >= 4 is 6.08 Å². The summed E-state index contributed by atoms with van der Waals surface area (Å²) in [5, 5.41) is 0. The Labute approximate surface area is 101 Å². The van der Waals surface area contributed by atoms with Crippen molar-refractivity contribution in [2.45, 2.75) is 32.2 Å². The summed E-state index contributed by atoms with van der Waals surface area (Å²) >= 11 is 0. The summed E-state index contributed by atoms with van der Waals surface area (Å²) in [5.74, 6) is 0. The van der Waals surface area contributed by atoms with Crippen LogP contribution in [0.5, 0.6) is 0 Å². The number of aliphatic imine (C=N–C) groups is 1. The quantitative estimate of drug-likeness (QED) is 0.373. The van der Waals surface area contributed by atoms with Gasteiger partial charge in [-0.1, -0.05) is 12.8 Å². The van der Waals surface area contributed by atoms with Crippen LogP contribution >= 0.6 is 0 Å². The summed E-state index contributed by atoms with van der Waals surface area (Å²) in [6, 6.07) is 0. The molecule has 0 aromatic carbocycles. The summed E-state index contributed by atoms with van der Waals surface area (Å²) < 4.78 is 0.949. The van der Waals surface area contributed by atoms with Crippen LogP contribution in [0.15, 0.2) is 19.4 Å². The van der Waals surface area contributed by atoms with Gasteiger partial charge in [0.05, 0.1) is 6.54 Å². The van der Waals surface area contributed by atoms with Gasteiger partial charge in [0.1, 0.15) is 0 Å². The minimum Gasteiger partial charge on any atom is -0.259 e. The smallest absolute Gasteiger partial charge is 0.259 e. The summed E-state index contributed by atoms with van der Waals surface area (Å²) in [6.07, 6.45) is 4.52. The first-order valence-electron chi connectivity index (χ1n) is 5.62. The molecule has 0 fully saturated rings. The lowest BCUT2D eigenvalue weighted by atomic mass is 10.2. The maximum Gasteiger partial charge on any atom is 0.333 e. The number of nitrogens with zero attached hydrogens (tertiary/aromatic N) is 2. The Balaban J connectivity index is 2.41. The molecule has 0 aliphatic rings. The molecule has 0 saturated carbocycles. The van der Waals surface area contributed by atoms with Crippen molar-refractivity contribution < 1.29 is 4.79 Å². The molecule has 1 aromatic rings. The molecule has 0 amide bonds. The van der Waals surface area contributed by atoms with Gasteiger partial charge in [-0.25, -0.2) is 28.7 Å². The van der Waals surface area contributed by atoms with E-state index in [2.05, 4.69) is 4.99 Å². The van der Waals surface area contributed by atoms with Crippen molar-refractivity contribution in [2.24, 2.45) is 4.99 Å². The molecule has 0 radical (unpaired) electrons. The van der Waals surface area contributed by atoms with Crippen molar-refractivity contribution in [3.63, 3.8) is 0 Å². The van der Waals surface area contributed by atoms with Crippen LogP contribution in [0.2, 0.25) is 0 Å². The molecular weight excluding hydrogens is 240 g/mol. The van der Waals surface area contributed by atoms with Gasteiger partial charge in [-0.15, -0.1) is 0 Å². The highest BCUT2D eigenvalue weighted by Gasteiger charge is 2.01. The number of rotatable bonds is 7. The van der Waals surface area contributed by atoms with Crippen LogP contribution in [0.4, 0.5) is 0 Å². The van der Waals surface area contributed by atoms with E-state index >= 15 is 0 Å². The molecule has 98 valence electrons. The SMILES string of the molecule is O=C=NCCCCCCn1c(=O)[nH]c(=O)[nH]c1=O. The number of nitrogens with one attached hydrogen (secondary N) is 2. The fourth-order valence-corrected chi connectivity index (χ4v) is 1.52. The molecule has 0 aliphatic carbocycles. The fourth-order valence-electron chi connectivity index (χ4n) is 1.52. The lowest BCUT2D eigenvalue weighted by Crippen LogP contribution is -2.43. The highest BCUT2D eigenvalue weighted by molar-refractivity contribution is 5.32. The van der Waals surface area contributed by atoms with Gasteiger partial charge in [0, 0.05) is 6.54 Å². The molecule has 1 heterocycles. The zero-order chi connectivity index (χ0) is 13.4. The molecule has 0 unspecified atom stereocenters. The molecule has 0 bridgehead atoms. The van der Waals surface area contributed by atoms with E-state index in [1.54, 1.807) is 0 Å². The largest absolute Gasteiger partial charge is 0.333 e. The first-order chi connectivity index (χ1) is 8.65. The molecule has 0 saturated heterocycles. The third-order valence-electron chi connectivity index (χ3n) is 2.40. The molecular formula is C10H14N4O4. The van der Waals surface area contributed by atoms with Gasteiger partial charge in [0.2, 0.25) is 6.08 Å². The number of H-pyrrole nitrogens is 2. The number of hydrogen-bond acceptors (Lipinski definition) is 5. The predicted molar refractivity (Wildman–Crippen MR) is 63.4 cm³/mol. The second-order valence-electron chi connectivity index (χ2n) is 3.73. The standard InChI is InChI=1S/C10H14N4O4/c15-7-11-5-3-1-2-4-6-14-9(17)12-8(16)13-10(14)18/h1-6H2,(H2,12,13,16,17,18). The van der Waals surface area contributed by atoms with E-state index in [1.165, 1.54) is 6.08 Å². The first kappa shape index (κ1) is 13.9. The van der Waals surface area contributed by atoms with Crippen molar-refractivity contribution in [3.8, 4) is 0 Å². The van der Waals surface area contributed by atoms with E-state index in [1.807, 2.05) is 9.97 Å². The van der Waals surface area contributed by atoms with Crippen LogP contribution < -0.4 is 17.1 Å². The van der Waals surface area contributed by atoms with Crippen LogP contribution in [0.1, 0.15) is 25.7 Å².